The molecule has 0 radical (unpaired) electrons. The van der Waals surface area contributed by atoms with Crippen molar-refractivity contribution in [1.29, 1.82) is 0 Å². The number of thioether (sulfide) groups is 1. The van der Waals surface area contributed by atoms with E-state index < -0.39 is 12.0 Å². The number of allylic oxidation sites excluding steroid dienone is 1. The van der Waals surface area contributed by atoms with Crippen molar-refractivity contribution >= 4 is 58.3 Å². The predicted molar refractivity (Wildman–Crippen MR) is 166 cm³/mol. The number of hydrogen-bond acceptors (Lipinski definition) is 7. The van der Waals surface area contributed by atoms with Crippen LogP contribution in [-0.2, 0) is 16.1 Å². The van der Waals surface area contributed by atoms with Crippen LogP contribution in [0.3, 0.4) is 0 Å². The van der Waals surface area contributed by atoms with E-state index in [1.165, 1.54) is 11.3 Å². The van der Waals surface area contributed by atoms with Gasteiger partial charge in [0.15, 0.2) is 4.80 Å². The van der Waals surface area contributed by atoms with Gasteiger partial charge in [0.25, 0.3) is 5.56 Å². The van der Waals surface area contributed by atoms with Crippen LogP contribution in [0.5, 0.6) is 5.75 Å². The standard InChI is InChI=1S/C31H26Cl2N2O4S2/c1-4-38-30(37)27-18(2)34-31-35(28(27)19-10-13-23(40-3)14-11-19)29(36)26(41-31)15-20-7-5-6-8-25(20)39-17-21-9-12-22(32)16-24(21)33/h5-16,28H,4,17H2,1-3H3/b26-15-/t28-/m1/s1. The third-order valence-corrected chi connectivity index (χ3v) is 8.87. The van der Waals surface area contributed by atoms with E-state index in [0.29, 0.717) is 36.4 Å². The molecule has 0 N–H and O–H groups in total. The number of rotatable bonds is 8. The van der Waals surface area contributed by atoms with Crippen LogP contribution in [0.4, 0.5) is 0 Å². The summed E-state index contributed by atoms with van der Waals surface area (Å²) in [6.07, 6.45) is 3.79. The molecule has 1 aliphatic rings. The number of ether oxygens (including phenoxy) is 2. The second-order valence-electron chi connectivity index (χ2n) is 9.14. The first-order valence-electron chi connectivity index (χ1n) is 12.8. The average Bonchev–Trinajstić information content (AvgIpc) is 3.26. The second-order valence-corrected chi connectivity index (χ2v) is 11.9. The van der Waals surface area contributed by atoms with E-state index in [1.54, 1.807) is 48.4 Å². The average molecular weight is 626 g/mol. The summed E-state index contributed by atoms with van der Waals surface area (Å²) in [5.41, 5.74) is 2.95. The normalized spacial score (nSPS) is 15.0. The van der Waals surface area contributed by atoms with Crippen LogP contribution >= 0.6 is 46.3 Å². The molecular formula is C31H26Cl2N2O4S2. The SMILES string of the molecule is CCOC(=O)C1=C(C)N=c2s/c(=C\c3ccccc3OCc3ccc(Cl)cc3Cl)c(=O)n2[C@@H]1c1ccc(SC)cc1. The van der Waals surface area contributed by atoms with Gasteiger partial charge in [0.05, 0.1) is 28.5 Å². The molecular weight excluding hydrogens is 599 g/mol. The Hall–Kier alpha value is -3.30. The molecule has 4 aromatic rings. The van der Waals surface area contributed by atoms with Crippen molar-refractivity contribution in [3.8, 4) is 5.75 Å². The van der Waals surface area contributed by atoms with E-state index in [-0.39, 0.29) is 18.8 Å². The van der Waals surface area contributed by atoms with Gasteiger partial charge in [-0.25, -0.2) is 9.79 Å². The molecule has 0 fully saturated rings. The molecule has 1 atom stereocenters. The van der Waals surface area contributed by atoms with E-state index in [4.69, 9.17) is 32.7 Å². The number of nitrogens with zero attached hydrogens (tertiary/aromatic N) is 2. The van der Waals surface area contributed by atoms with Crippen molar-refractivity contribution in [2.24, 2.45) is 4.99 Å². The van der Waals surface area contributed by atoms with Crippen LogP contribution in [0.1, 0.15) is 36.6 Å². The number of thiazole rings is 1. The summed E-state index contributed by atoms with van der Waals surface area (Å²) in [5.74, 6) is 0.110. The second kappa shape index (κ2) is 12.7. The number of aromatic nitrogens is 1. The molecule has 3 aromatic carbocycles. The number of carbonyl (C=O) groups is 1. The first-order valence-corrected chi connectivity index (χ1v) is 15.6. The van der Waals surface area contributed by atoms with Gasteiger partial charge < -0.3 is 9.47 Å². The van der Waals surface area contributed by atoms with Crippen molar-refractivity contribution in [3.05, 3.63) is 124 Å². The topological polar surface area (TPSA) is 69.9 Å². The van der Waals surface area contributed by atoms with E-state index >= 15 is 0 Å². The zero-order valence-electron chi connectivity index (χ0n) is 22.5. The Morgan fingerprint density at radius 1 is 1.12 bits per heavy atom. The summed E-state index contributed by atoms with van der Waals surface area (Å²) in [7, 11) is 0. The maximum absolute atomic E-state index is 14.0. The summed E-state index contributed by atoms with van der Waals surface area (Å²) in [4.78, 5) is 33.3. The van der Waals surface area contributed by atoms with Crippen molar-refractivity contribution in [2.75, 3.05) is 12.9 Å². The molecule has 10 heteroatoms. The highest BCUT2D eigenvalue weighted by atomic mass is 35.5. The summed E-state index contributed by atoms with van der Waals surface area (Å²) in [6, 6.07) is 19.9. The molecule has 0 spiro atoms. The number of benzene rings is 3. The maximum atomic E-state index is 14.0. The molecule has 1 aliphatic heterocycles. The molecule has 0 unspecified atom stereocenters. The summed E-state index contributed by atoms with van der Waals surface area (Å²) in [5, 5.41) is 1.07. The lowest BCUT2D eigenvalue weighted by Crippen LogP contribution is -2.39. The Kier molecular flexibility index (Phi) is 9.04. The van der Waals surface area contributed by atoms with Crippen LogP contribution in [0.25, 0.3) is 6.08 Å². The minimum Gasteiger partial charge on any atom is -0.488 e. The third kappa shape index (κ3) is 6.16. The molecule has 5 rings (SSSR count). The zero-order valence-corrected chi connectivity index (χ0v) is 25.7. The number of hydrogen-bond donors (Lipinski definition) is 0. The van der Waals surface area contributed by atoms with Gasteiger partial charge in [-0.2, -0.15) is 0 Å². The first kappa shape index (κ1) is 29.2. The monoisotopic (exact) mass is 624 g/mol. The molecule has 41 heavy (non-hydrogen) atoms. The van der Waals surface area contributed by atoms with Gasteiger partial charge in [0, 0.05) is 26.1 Å². The molecule has 1 aromatic heterocycles. The van der Waals surface area contributed by atoms with Crippen molar-refractivity contribution in [1.82, 2.24) is 4.57 Å². The van der Waals surface area contributed by atoms with Crippen molar-refractivity contribution in [3.63, 3.8) is 0 Å². The number of halogens is 2. The third-order valence-electron chi connectivity index (χ3n) is 6.55. The molecule has 0 amide bonds. The smallest absolute Gasteiger partial charge is 0.338 e. The molecule has 2 heterocycles. The van der Waals surface area contributed by atoms with E-state index in [2.05, 4.69) is 4.99 Å². The minimum atomic E-state index is -0.665. The number of para-hydroxylation sites is 1. The van der Waals surface area contributed by atoms with E-state index in [9.17, 15) is 9.59 Å². The highest BCUT2D eigenvalue weighted by molar-refractivity contribution is 7.98. The van der Waals surface area contributed by atoms with Gasteiger partial charge in [-0.3, -0.25) is 9.36 Å². The summed E-state index contributed by atoms with van der Waals surface area (Å²) in [6.45, 7) is 3.98. The predicted octanol–water partition coefficient (Wildman–Crippen LogP) is 6.41. The minimum absolute atomic E-state index is 0.218. The highest BCUT2D eigenvalue weighted by Gasteiger charge is 2.33. The maximum Gasteiger partial charge on any atom is 0.338 e. The quantitative estimate of drug-likeness (QED) is 0.167. The number of carbonyl (C=O) groups excluding carboxylic acids is 1. The number of esters is 1. The molecule has 0 aliphatic carbocycles. The van der Waals surface area contributed by atoms with Gasteiger partial charge in [-0.1, -0.05) is 70.9 Å². The van der Waals surface area contributed by atoms with Crippen LogP contribution in [-0.4, -0.2) is 23.4 Å². The molecule has 0 saturated carbocycles. The summed E-state index contributed by atoms with van der Waals surface area (Å²) >= 11 is 15.2. The highest BCUT2D eigenvalue weighted by Crippen LogP contribution is 2.32. The first-order chi connectivity index (χ1) is 19.8. The van der Waals surface area contributed by atoms with Crippen LogP contribution in [0, 0.1) is 0 Å². The fourth-order valence-corrected chi connectivity index (χ4v) is 6.47. The van der Waals surface area contributed by atoms with Gasteiger partial charge in [0.1, 0.15) is 12.4 Å². The summed E-state index contributed by atoms with van der Waals surface area (Å²) < 4.78 is 13.5. The van der Waals surface area contributed by atoms with Gasteiger partial charge >= 0.3 is 5.97 Å². The molecule has 0 bridgehead atoms. The largest absolute Gasteiger partial charge is 0.488 e. The Labute approximate surface area is 255 Å². The zero-order chi connectivity index (χ0) is 29.1. The van der Waals surface area contributed by atoms with Gasteiger partial charge in [-0.05, 0) is 62.1 Å². The van der Waals surface area contributed by atoms with Gasteiger partial charge in [-0.15, -0.1) is 11.8 Å². The number of fused-ring (bicyclic) bond motifs is 1. The molecule has 6 nitrogen and oxygen atoms in total. The van der Waals surface area contributed by atoms with Crippen molar-refractivity contribution in [2.45, 2.75) is 31.4 Å². The Morgan fingerprint density at radius 3 is 2.59 bits per heavy atom. The molecule has 0 saturated heterocycles. The Balaban J connectivity index is 1.58. The fraction of sp³-hybridized carbons (Fsp3) is 0.194. The molecule has 210 valence electrons. The Bertz CT molecular complexity index is 1830. The van der Waals surface area contributed by atoms with Crippen LogP contribution in [0.15, 0.2) is 92.7 Å². The lowest BCUT2D eigenvalue weighted by atomic mass is 9.96. The van der Waals surface area contributed by atoms with Crippen molar-refractivity contribution < 1.29 is 14.3 Å². The van der Waals surface area contributed by atoms with Gasteiger partial charge in [0.2, 0.25) is 0 Å². The fourth-order valence-electron chi connectivity index (χ4n) is 4.56. The lowest BCUT2D eigenvalue weighted by Gasteiger charge is -2.24. The van der Waals surface area contributed by atoms with E-state index in [1.807, 2.05) is 60.9 Å². The Morgan fingerprint density at radius 2 is 1.88 bits per heavy atom. The van der Waals surface area contributed by atoms with E-state index in [0.717, 1.165) is 21.6 Å². The lowest BCUT2D eigenvalue weighted by molar-refractivity contribution is -0.139. The van der Waals surface area contributed by atoms with Crippen LogP contribution in [0.2, 0.25) is 10.0 Å². The van der Waals surface area contributed by atoms with Crippen LogP contribution < -0.4 is 19.6 Å².